The van der Waals surface area contributed by atoms with E-state index in [4.69, 9.17) is 9.47 Å². The molecule has 2 N–H and O–H groups in total. The molecule has 9 heteroatoms. The molecular formula is C24H28N4O4S. The molecule has 8 nitrogen and oxygen atoms in total. The third-order valence-corrected chi connectivity index (χ3v) is 6.22. The lowest BCUT2D eigenvalue weighted by atomic mass is 9.98. The zero-order valence-electron chi connectivity index (χ0n) is 19.1. The van der Waals surface area contributed by atoms with Gasteiger partial charge in [0.05, 0.1) is 20.6 Å². The molecule has 0 aliphatic rings. The van der Waals surface area contributed by atoms with Gasteiger partial charge in [0, 0.05) is 5.56 Å². The number of anilines is 1. The lowest BCUT2D eigenvalue weighted by Crippen LogP contribution is -2.48. The van der Waals surface area contributed by atoms with Gasteiger partial charge in [-0.1, -0.05) is 43.7 Å². The van der Waals surface area contributed by atoms with E-state index in [9.17, 15) is 9.59 Å². The van der Waals surface area contributed by atoms with Crippen LogP contribution in [0.3, 0.4) is 0 Å². The first-order valence-electron chi connectivity index (χ1n) is 10.6. The molecule has 0 saturated carbocycles. The molecular weight excluding hydrogens is 440 g/mol. The highest BCUT2D eigenvalue weighted by atomic mass is 32.1. The van der Waals surface area contributed by atoms with Crippen molar-refractivity contribution >= 4 is 28.3 Å². The summed E-state index contributed by atoms with van der Waals surface area (Å²) in [6.07, 6.45) is 0.902. The molecule has 2 aromatic carbocycles. The second kappa shape index (κ2) is 11.4. The number of carbonyl (C=O) groups excluding carboxylic acids is 2. The molecule has 3 rings (SSSR count). The highest BCUT2D eigenvalue weighted by Gasteiger charge is 2.27. The predicted molar refractivity (Wildman–Crippen MR) is 129 cm³/mol. The van der Waals surface area contributed by atoms with Crippen LogP contribution in [-0.2, 0) is 16.0 Å². The Morgan fingerprint density at radius 3 is 2.15 bits per heavy atom. The van der Waals surface area contributed by atoms with E-state index in [1.54, 1.807) is 26.4 Å². The fourth-order valence-electron chi connectivity index (χ4n) is 3.16. The number of nitrogens with zero attached hydrogens (tertiary/aromatic N) is 2. The SMILES string of the molecule is CCC(C)C(NC(=O)Cc1ccc(OC)cc1)C(=O)Nc1nnc(-c2ccc(OC)cc2)s1. The van der Waals surface area contributed by atoms with Crippen LogP contribution in [-0.4, -0.2) is 42.3 Å². The molecule has 2 unspecified atom stereocenters. The van der Waals surface area contributed by atoms with Crippen molar-refractivity contribution in [1.82, 2.24) is 15.5 Å². The first-order valence-corrected chi connectivity index (χ1v) is 11.5. The Morgan fingerprint density at radius 2 is 1.58 bits per heavy atom. The van der Waals surface area contributed by atoms with E-state index in [1.807, 2.05) is 50.2 Å². The van der Waals surface area contributed by atoms with Crippen LogP contribution in [0.25, 0.3) is 10.6 Å². The Kier molecular flexibility index (Phi) is 8.37. The van der Waals surface area contributed by atoms with Gasteiger partial charge in [0.15, 0.2) is 0 Å². The molecule has 0 aliphatic carbocycles. The minimum absolute atomic E-state index is 0.0567. The summed E-state index contributed by atoms with van der Waals surface area (Å²) >= 11 is 1.27. The van der Waals surface area contributed by atoms with Crippen LogP contribution in [0.15, 0.2) is 48.5 Å². The van der Waals surface area contributed by atoms with Gasteiger partial charge in [0.2, 0.25) is 16.9 Å². The summed E-state index contributed by atoms with van der Waals surface area (Å²) in [7, 11) is 3.20. The van der Waals surface area contributed by atoms with Crippen LogP contribution in [0.5, 0.6) is 11.5 Å². The zero-order chi connectivity index (χ0) is 23.8. The van der Waals surface area contributed by atoms with Crippen LogP contribution in [0.1, 0.15) is 25.8 Å². The maximum atomic E-state index is 13.0. The normalized spacial score (nSPS) is 12.5. The van der Waals surface area contributed by atoms with Crippen molar-refractivity contribution in [3.8, 4) is 22.1 Å². The van der Waals surface area contributed by atoms with Crippen LogP contribution < -0.4 is 20.1 Å². The fraction of sp³-hybridized carbons (Fsp3) is 0.333. The maximum absolute atomic E-state index is 13.0. The lowest BCUT2D eigenvalue weighted by Gasteiger charge is -2.23. The Bertz CT molecular complexity index is 1070. The van der Waals surface area contributed by atoms with Gasteiger partial charge in [0.25, 0.3) is 0 Å². The molecule has 33 heavy (non-hydrogen) atoms. The van der Waals surface area contributed by atoms with Gasteiger partial charge in [0.1, 0.15) is 22.5 Å². The number of hydrogen-bond acceptors (Lipinski definition) is 7. The predicted octanol–water partition coefficient (Wildman–Crippen LogP) is 3.93. The van der Waals surface area contributed by atoms with E-state index < -0.39 is 6.04 Å². The van der Waals surface area contributed by atoms with Crippen molar-refractivity contribution in [3.05, 3.63) is 54.1 Å². The second-order valence-electron chi connectivity index (χ2n) is 7.59. The Labute approximate surface area is 197 Å². The summed E-state index contributed by atoms with van der Waals surface area (Å²) in [4.78, 5) is 25.6. The molecule has 2 atom stereocenters. The molecule has 2 amide bonds. The monoisotopic (exact) mass is 468 g/mol. The fourth-order valence-corrected chi connectivity index (χ4v) is 3.91. The van der Waals surface area contributed by atoms with Gasteiger partial charge in [-0.2, -0.15) is 0 Å². The van der Waals surface area contributed by atoms with Gasteiger partial charge in [-0.3, -0.25) is 14.9 Å². The van der Waals surface area contributed by atoms with Gasteiger partial charge >= 0.3 is 0 Å². The summed E-state index contributed by atoms with van der Waals surface area (Å²) in [5.41, 5.74) is 1.71. The lowest BCUT2D eigenvalue weighted by molar-refractivity contribution is -0.127. The van der Waals surface area contributed by atoms with Crippen molar-refractivity contribution < 1.29 is 19.1 Å². The Hall–Kier alpha value is -3.46. The van der Waals surface area contributed by atoms with E-state index in [-0.39, 0.29) is 24.2 Å². The standard InChI is InChI=1S/C24H28N4O4S/c1-5-15(2)21(25-20(29)14-16-6-10-18(31-3)11-7-16)22(30)26-24-28-27-23(33-24)17-8-12-19(32-4)13-9-17/h6-13,15,21H,5,14H2,1-4H3,(H,25,29)(H,26,28,30). The number of benzene rings is 2. The summed E-state index contributed by atoms with van der Waals surface area (Å²) in [6.45, 7) is 3.91. The molecule has 0 radical (unpaired) electrons. The summed E-state index contributed by atoms with van der Waals surface area (Å²) in [6, 6.07) is 14.0. The average Bonchev–Trinajstić information content (AvgIpc) is 3.30. The first-order chi connectivity index (χ1) is 15.9. The van der Waals surface area contributed by atoms with Gasteiger partial charge in [-0.25, -0.2) is 0 Å². The Balaban J connectivity index is 1.65. The minimum atomic E-state index is -0.686. The van der Waals surface area contributed by atoms with Crippen molar-refractivity contribution in [2.24, 2.45) is 5.92 Å². The highest BCUT2D eigenvalue weighted by Crippen LogP contribution is 2.28. The van der Waals surface area contributed by atoms with E-state index in [0.29, 0.717) is 10.1 Å². The van der Waals surface area contributed by atoms with Crippen LogP contribution in [0, 0.1) is 5.92 Å². The molecule has 0 saturated heterocycles. The minimum Gasteiger partial charge on any atom is -0.497 e. The van der Waals surface area contributed by atoms with E-state index in [2.05, 4.69) is 20.8 Å². The number of hydrogen-bond donors (Lipinski definition) is 2. The van der Waals surface area contributed by atoms with Crippen LogP contribution >= 0.6 is 11.3 Å². The van der Waals surface area contributed by atoms with E-state index in [1.165, 1.54) is 11.3 Å². The number of nitrogens with one attached hydrogen (secondary N) is 2. The van der Waals surface area contributed by atoms with E-state index in [0.717, 1.165) is 29.0 Å². The maximum Gasteiger partial charge on any atom is 0.249 e. The molecule has 0 aliphatic heterocycles. The van der Waals surface area contributed by atoms with Gasteiger partial charge in [-0.15, -0.1) is 10.2 Å². The smallest absolute Gasteiger partial charge is 0.249 e. The van der Waals surface area contributed by atoms with Crippen molar-refractivity contribution in [2.45, 2.75) is 32.7 Å². The molecule has 1 heterocycles. The number of ether oxygens (including phenoxy) is 2. The first kappa shape index (κ1) is 24.2. The van der Waals surface area contributed by atoms with Gasteiger partial charge < -0.3 is 14.8 Å². The van der Waals surface area contributed by atoms with Crippen molar-refractivity contribution in [3.63, 3.8) is 0 Å². The summed E-state index contributed by atoms with van der Waals surface area (Å²) in [5.74, 6) is 0.876. The average molecular weight is 469 g/mol. The van der Waals surface area contributed by atoms with Crippen LogP contribution in [0.4, 0.5) is 5.13 Å². The number of methoxy groups -OCH3 is 2. The topological polar surface area (TPSA) is 102 Å². The number of rotatable bonds is 10. The molecule has 0 bridgehead atoms. The second-order valence-corrected chi connectivity index (χ2v) is 8.56. The number of aromatic nitrogens is 2. The van der Waals surface area contributed by atoms with Crippen molar-refractivity contribution in [2.75, 3.05) is 19.5 Å². The molecule has 1 aromatic heterocycles. The summed E-state index contributed by atoms with van der Waals surface area (Å²) < 4.78 is 10.3. The Morgan fingerprint density at radius 1 is 0.970 bits per heavy atom. The third-order valence-electron chi connectivity index (χ3n) is 5.33. The summed E-state index contributed by atoms with van der Waals surface area (Å²) in [5, 5.41) is 15.0. The molecule has 0 spiro atoms. The van der Waals surface area contributed by atoms with Gasteiger partial charge in [-0.05, 0) is 47.9 Å². The zero-order valence-corrected chi connectivity index (χ0v) is 19.9. The number of carbonyl (C=O) groups is 2. The van der Waals surface area contributed by atoms with Crippen LogP contribution in [0.2, 0.25) is 0 Å². The van der Waals surface area contributed by atoms with Crippen molar-refractivity contribution in [1.29, 1.82) is 0 Å². The third kappa shape index (κ3) is 6.52. The largest absolute Gasteiger partial charge is 0.497 e. The molecule has 0 fully saturated rings. The quantitative estimate of drug-likeness (QED) is 0.467. The number of amides is 2. The van der Waals surface area contributed by atoms with E-state index >= 15 is 0 Å². The highest BCUT2D eigenvalue weighted by molar-refractivity contribution is 7.18. The molecule has 3 aromatic rings. The molecule has 174 valence electrons.